The lowest BCUT2D eigenvalue weighted by Crippen LogP contribution is -2.41. The Balaban J connectivity index is 0.000000316. The topological polar surface area (TPSA) is 144 Å². The number of benzene rings is 2. The minimum Gasteiger partial charge on any atom is -0.444 e. The summed E-state index contributed by atoms with van der Waals surface area (Å²) in [5, 5.41) is 0. The molecule has 0 N–H and O–H groups in total. The monoisotopic (exact) mass is 866 g/mol. The second-order valence-corrected chi connectivity index (χ2v) is 21.1. The van der Waals surface area contributed by atoms with Gasteiger partial charge in [-0.15, -0.1) is 0 Å². The van der Waals surface area contributed by atoms with Gasteiger partial charge in [0.2, 0.25) is 0 Å². The molecule has 330 valence electrons. The molecular weight excluding hydrogens is 803 g/mol. The van der Waals surface area contributed by atoms with E-state index in [4.69, 9.17) is 9.47 Å². The first-order chi connectivity index (χ1) is 27.4. The molecule has 0 radical (unpaired) electrons. The molecule has 2 saturated heterocycles. The van der Waals surface area contributed by atoms with Crippen LogP contribution in [0.4, 0.5) is 18.4 Å². The van der Waals surface area contributed by atoms with Crippen LogP contribution in [0.25, 0.3) is 0 Å². The van der Waals surface area contributed by atoms with Crippen molar-refractivity contribution in [3.63, 3.8) is 0 Å². The first-order valence-electron chi connectivity index (χ1n) is 20.5. The number of rotatable bonds is 14. The maximum Gasteiger partial charge on any atom is 0.410 e. The molecule has 2 aliphatic heterocycles. The quantitative estimate of drug-likeness (QED) is 0.182. The smallest absolute Gasteiger partial charge is 0.410 e. The molecule has 2 fully saturated rings. The van der Waals surface area contributed by atoms with Crippen molar-refractivity contribution in [3.05, 3.63) is 59.2 Å². The highest BCUT2D eigenvalue weighted by atomic mass is 32.2. The van der Waals surface area contributed by atoms with Gasteiger partial charge in [-0.3, -0.25) is 13.8 Å². The zero-order chi connectivity index (χ0) is 44.1. The summed E-state index contributed by atoms with van der Waals surface area (Å²) in [6, 6.07) is 8.30. The van der Waals surface area contributed by atoms with E-state index in [1.54, 1.807) is 15.9 Å². The number of amides is 2. The van der Waals surface area contributed by atoms with Crippen LogP contribution < -0.4 is 0 Å². The van der Waals surface area contributed by atoms with E-state index >= 15 is 0 Å². The van der Waals surface area contributed by atoms with Crippen LogP contribution >= 0.6 is 0 Å². The van der Waals surface area contributed by atoms with Gasteiger partial charge in [-0.1, -0.05) is 12.1 Å². The van der Waals surface area contributed by atoms with Gasteiger partial charge in [-0.25, -0.2) is 26.8 Å². The van der Waals surface area contributed by atoms with Crippen molar-refractivity contribution >= 4 is 44.4 Å². The average molecular weight is 867 g/mol. The summed E-state index contributed by atoms with van der Waals surface area (Å²) in [5.41, 5.74) is 0.121. The van der Waals surface area contributed by atoms with Crippen molar-refractivity contribution in [2.75, 3.05) is 38.7 Å². The predicted octanol–water partition coefficient (Wildman–Crippen LogP) is 8.65. The SMILES string of the molecule is CC(C)(C)OC(=O)N1CCC(CCCC(=O)Cc2ccc(S(C)(=O)=O)c(F)c2)CC1.CS(=O)c1ccc(CC(=O)CCCC2CCN(C(=O)OC(C)(C)C)CC2)cc1F. The lowest BCUT2D eigenvalue weighted by molar-refractivity contribution is -0.119. The van der Waals surface area contributed by atoms with E-state index in [2.05, 4.69) is 0 Å². The van der Waals surface area contributed by atoms with Crippen LogP contribution in [-0.4, -0.2) is 96.1 Å². The lowest BCUT2D eigenvalue weighted by Gasteiger charge is -2.33. The number of carbonyl (C=O) groups is 4. The van der Waals surface area contributed by atoms with Gasteiger partial charge in [0.15, 0.2) is 9.84 Å². The molecule has 1 atom stereocenters. The van der Waals surface area contributed by atoms with E-state index in [9.17, 15) is 40.6 Å². The minimum atomic E-state index is -3.62. The van der Waals surface area contributed by atoms with E-state index < -0.39 is 43.5 Å². The Morgan fingerprint density at radius 2 is 1.08 bits per heavy atom. The van der Waals surface area contributed by atoms with Gasteiger partial charge < -0.3 is 19.3 Å². The van der Waals surface area contributed by atoms with Crippen molar-refractivity contribution in [2.45, 2.75) is 140 Å². The number of carbonyl (C=O) groups excluding carboxylic acids is 4. The van der Waals surface area contributed by atoms with Gasteiger partial charge in [0, 0.05) is 64.4 Å². The van der Waals surface area contributed by atoms with Gasteiger partial charge >= 0.3 is 12.2 Å². The number of hydrogen-bond donors (Lipinski definition) is 0. The van der Waals surface area contributed by atoms with E-state index in [1.165, 1.54) is 30.5 Å². The molecule has 11 nitrogen and oxygen atoms in total. The van der Waals surface area contributed by atoms with Crippen LogP contribution in [-0.2, 0) is 52.5 Å². The number of piperidine rings is 2. The molecular formula is C44H64F2N2O9S2. The Kier molecular flexibility index (Phi) is 18.7. The number of sulfone groups is 1. The lowest BCUT2D eigenvalue weighted by atomic mass is 9.91. The third kappa shape index (κ3) is 18.2. The fourth-order valence-electron chi connectivity index (χ4n) is 7.11. The summed E-state index contributed by atoms with van der Waals surface area (Å²) in [4.78, 5) is 51.9. The number of ketones is 2. The molecule has 0 saturated carbocycles. The highest BCUT2D eigenvalue weighted by Gasteiger charge is 2.28. The fraction of sp³-hybridized carbons (Fsp3) is 0.636. The molecule has 0 bridgehead atoms. The Morgan fingerprint density at radius 1 is 0.695 bits per heavy atom. The van der Waals surface area contributed by atoms with Gasteiger partial charge in [-0.2, -0.15) is 0 Å². The maximum atomic E-state index is 13.9. The molecule has 2 aliphatic rings. The molecule has 0 aromatic heterocycles. The van der Waals surface area contributed by atoms with Crippen LogP contribution in [0.15, 0.2) is 46.2 Å². The fourth-order valence-corrected chi connectivity index (χ4v) is 8.43. The van der Waals surface area contributed by atoms with Crippen molar-refractivity contribution in [1.29, 1.82) is 0 Å². The standard InChI is InChI=1S/C22H32FNO5S.C22H32FNO4S/c1-22(2,3)29-21(26)24-12-10-16(11-13-24)6-5-7-18(25)14-17-8-9-20(19(23)15-17)30(4,27)28;1-22(2,3)28-21(26)24-12-10-16(11-13-24)6-5-7-18(25)14-17-8-9-20(29(4)27)19(23)15-17/h8-9,15-16H,5-7,10-14H2,1-4H3;8-9,15-16H,5-7,10-14H2,1-4H3. The van der Waals surface area contributed by atoms with Gasteiger partial charge in [0.05, 0.1) is 15.7 Å². The summed E-state index contributed by atoms with van der Waals surface area (Å²) < 4.78 is 72.9. The van der Waals surface area contributed by atoms with E-state index in [0.717, 1.165) is 63.7 Å². The molecule has 2 amide bonds. The van der Waals surface area contributed by atoms with Crippen molar-refractivity contribution in [3.8, 4) is 0 Å². The van der Waals surface area contributed by atoms with Crippen molar-refractivity contribution < 1.29 is 50.1 Å². The minimum absolute atomic E-state index is 0.00713. The van der Waals surface area contributed by atoms with Gasteiger partial charge in [0.1, 0.15) is 39.3 Å². The summed E-state index contributed by atoms with van der Waals surface area (Å²) in [5.74, 6) is -0.262. The van der Waals surface area contributed by atoms with E-state index in [1.807, 2.05) is 41.5 Å². The highest BCUT2D eigenvalue weighted by Crippen LogP contribution is 2.26. The number of Topliss-reactive ketones (excluding diaryl/α,β-unsaturated/α-hetero) is 2. The van der Waals surface area contributed by atoms with Gasteiger partial charge in [0.25, 0.3) is 0 Å². The largest absolute Gasteiger partial charge is 0.444 e. The van der Waals surface area contributed by atoms with Crippen LogP contribution in [0, 0.1) is 23.5 Å². The summed E-state index contributed by atoms with van der Waals surface area (Å²) >= 11 is 0. The van der Waals surface area contributed by atoms with Crippen molar-refractivity contribution in [2.24, 2.45) is 11.8 Å². The summed E-state index contributed by atoms with van der Waals surface area (Å²) in [7, 11) is -4.99. The molecule has 2 aromatic rings. The molecule has 4 rings (SSSR count). The number of hydrogen-bond acceptors (Lipinski definition) is 9. The predicted molar refractivity (Wildman–Crippen MR) is 224 cm³/mol. The Morgan fingerprint density at radius 3 is 1.42 bits per heavy atom. The zero-order valence-corrected chi connectivity index (χ0v) is 37.7. The number of ether oxygens (including phenoxy) is 2. The van der Waals surface area contributed by atoms with E-state index in [-0.39, 0.29) is 46.4 Å². The zero-order valence-electron chi connectivity index (χ0n) is 36.1. The van der Waals surface area contributed by atoms with Crippen LogP contribution in [0.5, 0.6) is 0 Å². The molecule has 0 aliphatic carbocycles. The number of nitrogens with zero attached hydrogens (tertiary/aromatic N) is 2. The van der Waals surface area contributed by atoms with E-state index in [0.29, 0.717) is 62.0 Å². The van der Waals surface area contributed by atoms with Gasteiger partial charge in [-0.05, 0) is 140 Å². The molecule has 15 heteroatoms. The first kappa shape index (κ1) is 49.6. The molecule has 0 spiro atoms. The number of likely N-dealkylation sites (tertiary alicyclic amines) is 2. The summed E-state index contributed by atoms with van der Waals surface area (Å²) in [6.07, 6.45) is 10.1. The van der Waals surface area contributed by atoms with Crippen molar-refractivity contribution in [1.82, 2.24) is 9.80 Å². The number of halogens is 2. The first-order valence-corrected chi connectivity index (χ1v) is 23.9. The Hall–Kier alpha value is -3.72. The third-order valence-corrected chi connectivity index (χ3v) is 12.3. The van der Waals surface area contributed by atoms with Crippen LogP contribution in [0.3, 0.4) is 0 Å². The second-order valence-electron chi connectivity index (χ2n) is 17.8. The Labute approximate surface area is 352 Å². The Bertz CT molecular complexity index is 1890. The summed E-state index contributed by atoms with van der Waals surface area (Å²) in [6.45, 7) is 13.9. The molecule has 59 heavy (non-hydrogen) atoms. The normalized spacial score (nSPS) is 16.2. The third-order valence-electron chi connectivity index (χ3n) is 10.2. The highest BCUT2D eigenvalue weighted by molar-refractivity contribution is 7.90. The maximum absolute atomic E-state index is 13.9. The molecule has 2 heterocycles. The average Bonchev–Trinajstić information content (AvgIpc) is 3.10. The molecule has 1 unspecified atom stereocenters. The van der Waals surface area contributed by atoms with Crippen LogP contribution in [0.1, 0.15) is 117 Å². The van der Waals surface area contributed by atoms with Crippen LogP contribution in [0.2, 0.25) is 0 Å². The molecule has 2 aromatic carbocycles. The second kappa shape index (κ2) is 22.2.